The molecule has 8 aromatic carbocycles. The molecule has 0 bridgehead atoms. The summed E-state index contributed by atoms with van der Waals surface area (Å²) in [5, 5.41) is 13.0. The fourth-order valence-electron chi connectivity index (χ4n) is 9.00. The van der Waals surface area contributed by atoms with Gasteiger partial charge in [0.15, 0.2) is 17.5 Å². The lowest BCUT2D eigenvalue weighted by Crippen LogP contribution is -2.07. The van der Waals surface area contributed by atoms with Gasteiger partial charge in [0.05, 0.1) is 56.2 Å². The standard InChI is InChI=1S/C54H30F6N6/c55-53(56,57)35-25-27-44-40(29-35)37-18-7-9-21-42(37)65(44)46-23-11-17-34(31-61)48(46)49-39(52-63-50(32-13-3-1-4-14-32)62-51(64-52)33-15-5-2-6-16-33)20-12-24-47(49)66-43-22-10-8-19-38(43)41-30-36(54(58,59)60)26-28-45(41)66/h1-30H. The average Bonchev–Trinajstić information content (AvgIpc) is 3.85. The van der Waals surface area contributed by atoms with E-state index in [0.29, 0.717) is 94.5 Å². The van der Waals surface area contributed by atoms with Crippen LogP contribution in [0.3, 0.4) is 0 Å². The lowest BCUT2D eigenvalue weighted by atomic mass is 9.91. The highest BCUT2D eigenvalue weighted by molar-refractivity contribution is 6.12. The van der Waals surface area contributed by atoms with Crippen LogP contribution in [0.1, 0.15) is 16.7 Å². The summed E-state index contributed by atoms with van der Waals surface area (Å²) in [5.74, 6) is 0.962. The molecule has 0 radical (unpaired) electrons. The Bertz CT molecular complexity index is 3690. The van der Waals surface area contributed by atoms with Crippen molar-refractivity contribution in [3.8, 4) is 62.7 Å². The van der Waals surface area contributed by atoms with Gasteiger partial charge in [0.25, 0.3) is 0 Å². The molecule has 11 aromatic rings. The Morgan fingerprint density at radius 2 is 0.818 bits per heavy atom. The largest absolute Gasteiger partial charge is 0.416 e. The minimum Gasteiger partial charge on any atom is -0.309 e. The molecule has 6 nitrogen and oxygen atoms in total. The van der Waals surface area contributed by atoms with E-state index in [1.807, 2.05) is 94.1 Å². The highest BCUT2D eigenvalue weighted by Gasteiger charge is 2.33. The van der Waals surface area contributed by atoms with Crippen LogP contribution in [0.2, 0.25) is 0 Å². The van der Waals surface area contributed by atoms with E-state index in [2.05, 4.69) is 6.07 Å². The molecule has 66 heavy (non-hydrogen) atoms. The predicted molar refractivity (Wildman–Crippen MR) is 245 cm³/mol. The molecule has 0 atom stereocenters. The van der Waals surface area contributed by atoms with Gasteiger partial charge in [-0.1, -0.05) is 115 Å². The van der Waals surface area contributed by atoms with E-state index in [1.165, 1.54) is 12.1 Å². The van der Waals surface area contributed by atoms with Gasteiger partial charge in [0.1, 0.15) is 0 Å². The maximum absolute atomic E-state index is 14.3. The van der Waals surface area contributed by atoms with Crippen LogP contribution in [0.15, 0.2) is 182 Å². The Hall–Kier alpha value is -8.56. The summed E-state index contributed by atoms with van der Waals surface area (Å²) in [7, 11) is 0. The zero-order valence-electron chi connectivity index (χ0n) is 34.3. The van der Waals surface area contributed by atoms with Gasteiger partial charge < -0.3 is 9.13 Å². The van der Waals surface area contributed by atoms with Gasteiger partial charge in [-0.3, -0.25) is 0 Å². The first-order valence-corrected chi connectivity index (χ1v) is 20.7. The van der Waals surface area contributed by atoms with E-state index in [4.69, 9.17) is 15.0 Å². The Morgan fingerprint density at radius 1 is 0.394 bits per heavy atom. The third kappa shape index (κ3) is 6.63. The number of nitrogens with zero attached hydrogens (tertiary/aromatic N) is 6. The van der Waals surface area contributed by atoms with Crippen molar-refractivity contribution >= 4 is 43.6 Å². The summed E-state index contributed by atoms with van der Waals surface area (Å²) in [6, 6.07) is 53.4. The maximum Gasteiger partial charge on any atom is 0.416 e. The zero-order valence-corrected chi connectivity index (χ0v) is 34.3. The quantitative estimate of drug-likeness (QED) is 0.156. The smallest absolute Gasteiger partial charge is 0.309 e. The van der Waals surface area contributed by atoms with E-state index >= 15 is 0 Å². The van der Waals surface area contributed by atoms with Gasteiger partial charge in [0.2, 0.25) is 0 Å². The Labute approximate surface area is 371 Å². The van der Waals surface area contributed by atoms with E-state index in [1.54, 1.807) is 60.7 Å². The monoisotopic (exact) mass is 876 g/mol. The molecule has 318 valence electrons. The summed E-state index contributed by atoms with van der Waals surface area (Å²) in [6.45, 7) is 0. The van der Waals surface area contributed by atoms with Crippen LogP contribution >= 0.6 is 0 Å². The number of para-hydroxylation sites is 2. The minimum absolute atomic E-state index is 0.208. The summed E-state index contributed by atoms with van der Waals surface area (Å²) in [5.41, 5.74) is 4.29. The van der Waals surface area contributed by atoms with Gasteiger partial charge in [0, 0.05) is 49.4 Å². The van der Waals surface area contributed by atoms with Crippen LogP contribution in [0.5, 0.6) is 0 Å². The summed E-state index contributed by atoms with van der Waals surface area (Å²) < 4.78 is 89.5. The number of alkyl halides is 6. The lowest BCUT2D eigenvalue weighted by Gasteiger charge is -2.22. The molecule has 3 heterocycles. The number of halogens is 6. The summed E-state index contributed by atoms with van der Waals surface area (Å²) >= 11 is 0. The molecule has 11 rings (SSSR count). The third-order valence-electron chi connectivity index (χ3n) is 11.9. The molecule has 0 unspecified atom stereocenters. The van der Waals surface area contributed by atoms with Crippen molar-refractivity contribution in [2.45, 2.75) is 12.4 Å². The number of aromatic nitrogens is 5. The molecule has 0 aliphatic heterocycles. The van der Waals surface area contributed by atoms with Crippen molar-refractivity contribution < 1.29 is 26.3 Å². The van der Waals surface area contributed by atoms with Crippen LogP contribution in [-0.2, 0) is 12.4 Å². The number of benzene rings is 8. The third-order valence-corrected chi connectivity index (χ3v) is 11.9. The van der Waals surface area contributed by atoms with Crippen molar-refractivity contribution in [2.24, 2.45) is 0 Å². The minimum atomic E-state index is -4.61. The van der Waals surface area contributed by atoms with E-state index in [9.17, 15) is 31.6 Å². The highest BCUT2D eigenvalue weighted by atomic mass is 19.4. The Kier molecular flexibility index (Phi) is 9.33. The van der Waals surface area contributed by atoms with Gasteiger partial charge >= 0.3 is 12.4 Å². The van der Waals surface area contributed by atoms with Gasteiger partial charge in [-0.2, -0.15) is 31.6 Å². The Balaban J connectivity index is 1.30. The number of nitriles is 1. The molecule has 0 spiro atoms. The normalized spacial score (nSPS) is 12.1. The molecule has 0 N–H and O–H groups in total. The van der Waals surface area contributed by atoms with Crippen molar-refractivity contribution in [2.75, 3.05) is 0 Å². The second-order valence-electron chi connectivity index (χ2n) is 15.7. The fourth-order valence-corrected chi connectivity index (χ4v) is 9.00. The fraction of sp³-hybridized carbons (Fsp3) is 0.0370. The predicted octanol–water partition coefficient (Wildman–Crippen LogP) is 14.6. The highest BCUT2D eigenvalue weighted by Crippen LogP contribution is 2.47. The van der Waals surface area contributed by atoms with Crippen LogP contribution in [0.4, 0.5) is 26.3 Å². The van der Waals surface area contributed by atoms with Crippen LogP contribution in [-0.4, -0.2) is 24.1 Å². The van der Waals surface area contributed by atoms with Gasteiger partial charge in [-0.25, -0.2) is 15.0 Å². The second kappa shape index (κ2) is 15.3. The second-order valence-corrected chi connectivity index (χ2v) is 15.7. The van der Waals surface area contributed by atoms with Crippen molar-refractivity contribution in [1.82, 2.24) is 24.1 Å². The van der Waals surface area contributed by atoms with E-state index in [-0.39, 0.29) is 11.4 Å². The molecule has 0 aliphatic rings. The molecule has 12 heteroatoms. The van der Waals surface area contributed by atoms with E-state index < -0.39 is 23.5 Å². The molecule has 0 amide bonds. The molecule has 0 aliphatic carbocycles. The number of fused-ring (bicyclic) bond motifs is 6. The lowest BCUT2D eigenvalue weighted by molar-refractivity contribution is -0.138. The average molecular weight is 877 g/mol. The molecular weight excluding hydrogens is 847 g/mol. The van der Waals surface area contributed by atoms with Crippen LogP contribution < -0.4 is 0 Å². The first kappa shape index (κ1) is 40.2. The van der Waals surface area contributed by atoms with Crippen LogP contribution in [0, 0.1) is 11.3 Å². The topological polar surface area (TPSA) is 72.3 Å². The summed E-state index contributed by atoms with van der Waals surface area (Å²) in [4.78, 5) is 15.1. The number of rotatable bonds is 6. The molecule has 0 saturated heterocycles. The number of hydrogen-bond acceptors (Lipinski definition) is 4. The van der Waals surface area contributed by atoms with Gasteiger partial charge in [-0.05, 0) is 66.7 Å². The van der Waals surface area contributed by atoms with E-state index in [0.717, 1.165) is 24.3 Å². The molecule has 3 aromatic heterocycles. The van der Waals surface area contributed by atoms with Crippen LogP contribution in [0.25, 0.3) is 100 Å². The Morgan fingerprint density at radius 3 is 1.30 bits per heavy atom. The van der Waals surface area contributed by atoms with Crippen molar-refractivity contribution in [3.05, 3.63) is 199 Å². The number of hydrogen-bond donors (Lipinski definition) is 0. The molecular formula is C54H30F6N6. The maximum atomic E-state index is 14.3. The first-order valence-electron chi connectivity index (χ1n) is 20.7. The first-order chi connectivity index (χ1) is 32.0. The molecule has 0 saturated carbocycles. The zero-order chi connectivity index (χ0) is 45.3. The SMILES string of the molecule is N#Cc1cccc(-n2c3ccccc3c3cc(C(F)(F)F)ccc32)c1-c1c(-c2nc(-c3ccccc3)nc(-c3ccccc3)n2)cccc1-n1c2ccccc2c2cc(C(F)(F)F)ccc21. The summed E-state index contributed by atoms with van der Waals surface area (Å²) in [6.07, 6.45) is -9.22. The molecule has 0 fully saturated rings. The van der Waals surface area contributed by atoms with Crippen molar-refractivity contribution in [1.29, 1.82) is 5.26 Å². The van der Waals surface area contributed by atoms with Gasteiger partial charge in [-0.15, -0.1) is 0 Å². The van der Waals surface area contributed by atoms with Crippen molar-refractivity contribution in [3.63, 3.8) is 0 Å².